The molecular weight excluding hydrogens is 174 g/mol. The molecule has 0 atom stereocenters. The Balaban J connectivity index is 2.85. The summed E-state index contributed by atoms with van der Waals surface area (Å²) < 4.78 is 0. The van der Waals surface area contributed by atoms with Crippen molar-refractivity contribution in [3.8, 4) is 0 Å². The zero-order valence-electron chi connectivity index (χ0n) is 9.26. The summed E-state index contributed by atoms with van der Waals surface area (Å²) >= 11 is 0. The molecule has 1 rings (SSSR count). The zero-order valence-corrected chi connectivity index (χ0v) is 9.26. The van der Waals surface area contributed by atoms with Crippen LogP contribution in [0, 0.1) is 5.41 Å². The van der Waals surface area contributed by atoms with E-state index in [0.29, 0.717) is 0 Å². The van der Waals surface area contributed by atoms with Crippen molar-refractivity contribution >= 4 is 12.1 Å². The second kappa shape index (κ2) is 3.78. The Bertz CT molecular complexity index is 327. The number of nitrogens with one attached hydrogen (secondary N) is 1. The fourth-order valence-electron chi connectivity index (χ4n) is 0.892. The molecule has 0 amide bonds. The first kappa shape index (κ1) is 10.7. The SMILES string of the molecule is C=C(/C=C1\NN=CN=C1C)C(C)(C)C. The van der Waals surface area contributed by atoms with Gasteiger partial charge in [-0.3, -0.25) is 5.43 Å². The highest BCUT2D eigenvalue weighted by atomic mass is 15.3. The van der Waals surface area contributed by atoms with Crippen molar-refractivity contribution < 1.29 is 0 Å². The van der Waals surface area contributed by atoms with Gasteiger partial charge in [-0.1, -0.05) is 27.4 Å². The number of aliphatic imine (C=N–C) groups is 1. The van der Waals surface area contributed by atoms with Gasteiger partial charge in [0.15, 0.2) is 0 Å². The topological polar surface area (TPSA) is 36.8 Å². The van der Waals surface area contributed by atoms with Crippen LogP contribution >= 0.6 is 0 Å². The van der Waals surface area contributed by atoms with E-state index in [0.717, 1.165) is 17.0 Å². The van der Waals surface area contributed by atoms with Gasteiger partial charge in [0.1, 0.15) is 6.34 Å². The number of hydrogen-bond acceptors (Lipinski definition) is 3. The highest BCUT2D eigenvalue weighted by molar-refractivity contribution is 6.03. The van der Waals surface area contributed by atoms with Crippen LogP contribution < -0.4 is 5.43 Å². The summed E-state index contributed by atoms with van der Waals surface area (Å²) in [5, 5.41) is 3.87. The predicted molar refractivity (Wildman–Crippen MR) is 61.4 cm³/mol. The van der Waals surface area contributed by atoms with Crippen molar-refractivity contribution in [3.63, 3.8) is 0 Å². The second-order valence-electron chi connectivity index (χ2n) is 4.40. The van der Waals surface area contributed by atoms with E-state index in [-0.39, 0.29) is 5.41 Å². The lowest BCUT2D eigenvalue weighted by Gasteiger charge is -2.20. The van der Waals surface area contributed by atoms with E-state index in [1.54, 1.807) is 0 Å². The van der Waals surface area contributed by atoms with Gasteiger partial charge in [-0.15, -0.1) is 0 Å². The first-order valence-electron chi connectivity index (χ1n) is 4.64. The van der Waals surface area contributed by atoms with Gasteiger partial charge in [-0.2, -0.15) is 5.10 Å². The molecular formula is C11H17N3. The third-order valence-corrected chi connectivity index (χ3v) is 2.17. The maximum Gasteiger partial charge on any atom is 0.136 e. The average Bonchev–Trinajstić information content (AvgIpc) is 2.07. The molecule has 0 aromatic rings. The van der Waals surface area contributed by atoms with Gasteiger partial charge in [0.2, 0.25) is 0 Å². The molecule has 76 valence electrons. The Morgan fingerprint density at radius 2 is 2.14 bits per heavy atom. The molecule has 0 unspecified atom stereocenters. The molecule has 1 N–H and O–H groups in total. The molecule has 0 radical (unpaired) electrons. The van der Waals surface area contributed by atoms with Crippen LogP contribution in [0.15, 0.2) is 34.0 Å². The zero-order chi connectivity index (χ0) is 10.8. The predicted octanol–water partition coefficient (Wildman–Crippen LogP) is 2.48. The summed E-state index contributed by atoms with van der Waals surface area (Å²) in [6.07, 6.45) is 3.50. The summed E-state index contributed by atoms with van der Waals surface area (Å²) in [6.45, 7) is 12.4. The van der Waals surface area contributed by atoms with Crippen LogP contribution in [0.2, 0.25) is 0 Å². The van der Waals surface area contributed by atoms with E-state index in [1.165, 1.54) is 6.34 Å². The largest absolute Gasteiger partial charge is 0.275 e. The van der Waals surface area contributed by atoms with Gasteiger partial charge in [-0.25, -0.2) is 4.99 Å². The Labute approximate surface area is 85.3 Å². The molecule has 1 heterocycles. The van der Waals surface area contributed by atoms with Gasteiger partial charge in [-0.05, 0) is 24.0 Å². The van der Waals surface area contributed by atoms with Gasteiger partial charge < -0.3 is 0 Å². The van der Waals surface area contributed by atoms with E-state index >= 15 is 0 Å². The fourth-order valence-corrected chi connectivity index (χ4v) is 0.892. The van der Waals surface area contributed by atoms with Crippen LogP contribution in [0.4, 0.5) is 0 Å². The Morgan fingerprint density at radius 1 is 1.50 bits per heavy atom. The van der Waals surface area contributed by atoms with Crippen LogP contribution in [0.1, 0.15) is 27.7 Å². The van der Waals surface area contributed by atoms with E-state index in [4.69, 9.17) is 0 Å². The maximum atomic E-state index is 4.10. The summed E-state index contributed by atoms with van der Waals surface area (Å²) in [5.41, 5.74) is 5.91. The highest BCUT2D eigenvalue weighted by Crippen LogP contribution is 2.25. The van der Waals surface area contributed by atoms with Gasteiger partial charge in [0.05, 0.1) is 11.4 Å². The van der Waals surface area contributed by atoms with Crippen molar-refractivity contribution in [1.29, 1.82) is 0 Å². The number of rotatable bonds is 1. The summed E-state index contributed by atoms with van der Waals surface area (Å²) in [6, 6.07) is 0. The minimum Gasteiger partial charge on any atom is -0.275 e. The number of hydrogen-bond donors (Lipinski definition) is 1. The summed E-state index contributed by atoms with van der Waals surface area (Å²) in [7, 11) is 0. The van der Waals surface area contributed by atoms with Crippen LogP contribution in [-0.2, 0) is 0 Å². The molecule has 3 nitrogen and oxygen atoms in total. The Morgan fingerprint density at radius 3 is 2.64 bits per heavy atom. The lowest BCUT2D eigenvalue weighted by atomic mass is 9.87. The first-order valence-corrected chi connectivity index (χ1v) is 4.64. The highest BCUT2D eigenvalue weighted by Gasteiger charge is 2.14. The maximum absolute atomic E-state index is 4.10. The van der Waals surface area contributed by atoms with E-state index < -0.39 is 0 Å². The fraction of sp³-hybridized carbons (Fsp3) is 0.455. The molecule has 1 aliphatic heterocycles. The van der Waals surface area contributed by atoms with Gasteiger partial charge >= 0.3 is 0 Å². The summed E-state index contributed by atoms with van der Waals surface area (Å²) in [4.78, 5) is 4.10. The monoisotopic (exact) mass is 191 g/mol. The van der Waals surface area contributed by atoms with Crippen LogP contribution in [0.25, 0.3) is 0 Å². The third kappa shape index (κ3) is 2.55. The smallest absolute Gasteiger partial charge is 0.136 e. The number of hydrazone groups is 1. The van der Waals surface area contributed by atoms with Crippen molar-refractivity contribution in [2.24, 2.45) is 15.5 Å². The third-order valence-electron chi connectivity index (χ3n) is 2.17. The van der Waals surface area contributed by atoms with Crippen LogP contribution in [0.3, 0.4) is 0 Å². The molecule has 3 heteroatoms. The Kier molecular flexibility index (Phi) is 2.89. The average molecular weight is 191 g/mol. The van der Waals surface area contributed by atoms with Crippen molar-refractivity contribution in [1.82, 2.24) is 5.43 Å². The number of allylic oxidation sites excluding steroid dienone is 3. The second-order valence-corrected chi connectivity index (χ2v) is 4.40. The molecule has 0 saturated carbocycles. The van der Waals surface area contributed by atoms with E-state index in [9.17, 15) is 0 Å². The standard InChI is InChI=1S/C11H17N3/c1-8(11(3,4)5)6-10-9(2)12-7-13-14-10/h6-7,14H,1H2,2-5H3/b10-6-. The van der Waals surface area contributed by atoms with Crippen molar-refractivity contribution in [2.45, 2.75) is 27.7 Å². The minimum atomic E-state index is 0.0795. The molecule has 0 fully saturated rings. The molecule has 0 aromatic heterocycles. The van der Waals surface area contributed by atoms with Crippen molar-refractivity contribution in [3.05, 3.63) is 23.9 Å². The molecule has 0 bridgehead atoms. The molecule has 0 aliphatic carbocycles. The summed E-state index contributed by atoms with van der Waals surface area (Å²) in [5.74, 6) is 0. The molecule has 0 aromatic carbocycles. The van der Waals surface area contributed by atoms with Crippen LogP contribution in [0.5, 0.6) is 0 Å². The van der Waals surface area contributed by atoms with Gasteiger partial charge in [0, 0.05) is 0 Å². The van der Waals surface area contributed by atoms with E-state index in [2.05, 4.69) is 42.9 Å². The molecule has 1 aliphatic rings. The lowest BCUT2D eigenvalue weighted by Crippen LogP contribution is -2.19. The van der Waals surface area contributed by atoms with Crippen LogP contribution in [-0.4, -0.2) is 12.1 Å². The normalized spacial score (nSPS) is 19.1. The van der Waals surface area contributed by atoms with Crippen molar-refractivity contribution in [2.75, 3.05) is 0 Å². The molecule has 14 heavy (non-hydrogen) atoms. The molecule has 0 spiro atoms. The quantitative estimate of drug-likeness (QED) is 0.679. The van der Waals surface area contributed by atoms with E-state index in [1.807, 2.05) is 13.0 Å². The molecule has 0 saturated heterocycles. The minimum absolute atomic E-state index is 0.0795. The Hall–Kier alpha value is -1.38. The first-order chi connectivity index (χ1) is 6.41. The lowest BCUT2D eigenvalue weighted by molar-refractivity contribution is 0.518. The number of nitrogens with zero attached hydrogens (tertiary/aromatic N) is 2. The van der Waals surface area contributed by atoms with Gasteiger partial charge in [0.25, 0.3) is 0 Å².